The SMILES string of the molecule is CCSc1cc(C2(C#N)CC2)cnc1C(=O)Cc1cc(C(F)(F)F)n(OC)c(=O)c1NC.CCSc1cc(C2(C#N)CC2)cnc1C(=O)N(C)c1c(N)cc(C(F)(F)F)n(OC)c1=O. The Morgan fingerprint density at radius 1 is 0.828 bits per heavy atom. The number of thioether (sulfide) groups is 2. The number of pyridine rings is 4. The normalized spacial score (nSPS) is 14.5. The molecule has 0 aromatic carbocycles. The number of carbonyl (C=O) groups excluding carboxylic acids is 2. The summed E-state index contributed by atoms with van der Waals surface area (Å²) in [6.45, 7) is 3.76. The van der Waals surface area contributed by atoms with E-state index in [4.69, 9.17) is 5.73 Å². The van der Waals surface area contributed by atoms with Gasteiger partial charge in [0.25, 0.3) is 5.91 Å². The van der Waals surface area contributed by atoms with Gasteiger partial charge in [0, 0.05) is 42.7 Å². The molecule has 2 aliphatic carbocycles. The number of hydrogen-bond donors (Lipinski definition) is 2. The number of ketones is 1. The van der Waals surface area contributed by atoms with Gasteiger partial charge in [-0.3, -0.25) is 24.2 Å². The summed E-state index contributed by atoms with van der Waals surface area (Å²) < 4.78 is 80.3. The van der Waals surface area contributed by atoms with Gasteiger partial charge in [0.2, 0.25) is 0 Å². The minimum absolute atomic E-state index is 0.000459. The van der Waals surface area contributed by atoms with Crippen LogP contribution in [0, 0.1) is 22.7 Å². The van der Waals surface area contributed by atoms with Crippen LogP contribution in [0.5, 0.6) is 0 Å². The molecule has 0 radical (unpaired) electrons. The fraction of sp³-hybridized carbons (Fsp3) is 0.415. The molecule has 0 unspecified atom stereocenters. The van der Waals surface area contributed by atoms with E-state index in [1.807, 2.05) is 13.8 Å². The van der Waals surface area contributed by atoms with Gasteiger partial charge in [0.1, 0.15) is 37.0 Å². The van der Waals surface area contributed by atoms with Gasteiger partial charge in [0.05, 0.1) is 28.7 Å². The van der Waals surface area contributed by atoms with Crippen molar-refractivity contribution in [3.05, 3.63) is 96.8 Å². The lowest BCUT2D eigenvalue weighted by Gasteiger charge is -2.22. The molecule has 3 N–H and O–H groups in total. The van der Waals surface area contributed by atoms with Crippen molar-refractivity contribution >= 4 is 52.3 Å². The molecule has 1 amide bonds. The molecule has 4 aromatic heterocycles. The largest absolute Gasteiger partial charge is 0.435 e. The number of alkyl halides is 6. The summed E-state index contributed by atoms with van der Waals surface area (Å²) in [7, 11) is 4.45. The Morgan fingerprint density at radius 2 is 1.28 bits per heavy atom. The van der Waals surface area contributed by atoms with E-state index in [1.165, 1.54) is 50.0 Å². The molecular formula is C41H41F6N9O6S2. The number of amides is 1. The van der Waals surface area contributed by atoms with Crippen molar-refractivity contribution in [1.82, 2.24) is 19.4 Å². The van der Waals surface area contributed by atoms with E-state index < -0.39 is 75.2 Å². The number of Topliss-reactive ketones (excluding diaryl/α,β-unsaturated/α-hetero) is 1. The molecule has 2 saturated carbocycles. The Hall–Kier alpha value is -6.20. The average Bonchev–Trinajstić information content (AvgIpc) is 4.19. The second-order valence-corrected chi connectivity index (χ2v) is 17.0. The monoisotopic (exact) mass is 933 g/mol. The number of rotatable bonds is 14. The van der Waals surface area contributed by atoms with Gasteiger partial charge in [0.15, 0.2) is 17.2 Å². The molecule has 0 bridgehead atoms. The zero-order valence-electron chi connectivity index (χ0n) is 35.2. The van der Waals surface area contributed by atoms with Gasteiger partial charge in [-0.2, -0.15) is 36.9 Å². The zero-order chi connectivity index (χ0) is 47.5. The Labute approximate surface area is 370 Å². The lowest BCUT2D eigenvalue weighted by molar-refractivity contribution is -0.152. The minimum atomic E-state index is -4.90. The minimum Gasteiger partial charge on any atom is -0.413 e. The maximum absolute atomic E-state index is 13.5. The number of carbonyl (C=O) groups is 2. The molecule has 2 aliphatic rings. The van der Waals surface area contributed by atoms with Gasteiger partial charge < -0.3 is 25.6 Å². The van der Waals surface area contributed by atoms with Crippen LogP contribution in [0.3, 0.4) is 0 Å². The summed E-state index contributed by atoms with van der Waals surface area (Å²) >= 11 is 2.69. The fourth-order valence-electron chi connectivity index (χ4n) is 6.76. The van der Waals surface area contributed by atoms with Crippen LogP contribution in [0.25, 0.3) is 0 Å². The smallest absolute Gasteiger partial charge is 0.413 e. The van der Waals surface area contributed by atoms with Gasteiger partial charge in [-0.1, -0.05) is 13.8 Å². The summed E-state index contributed by atoms with van der Waals surface area (Å²) in [5.74, 6) is -0.0309. The van der Waals surface area contributed by atoms with Gasteiger partial charge in [-0.25, -0.2) is 4.98 Å². The van der Waals surface area contributed by atoms with Gasteiger partial charge in [-0.05, 0) is 78.1 Å². The van der Waals surface area contributed by atoms with Crippen molar-refractivity contribution in [1.29, 1.82) is 10.5 Å². The van der Waals surface area contributed by atoms with E-state index in [0.29, 0.717) is 45.8 Å². The van der Waals surface area contributed by atoms with Crippen LogP contribution < -0.4 is 36.7 Å². The maximum atomic E-state index is 13.5. The predicted molar refractivity (Wildman–Crippen MR) is 225 cm³/mol. The van der Waals surface area contributed by atoms with Crippen molar-refractivity contribution < 1.29 is 45.6 Å². The number of anilines is 3. The Kier molecular flexibility index (Phi) is 14.4. The number of nitrogens with zero attached hydrogens (tertiary/aromatic N) is 7. The van der Waals surface area contributed by atoms with Crippen molar-refractivity contribution in [3.8, 4) is 12.1 Å². The van der Waals surface area contributed by atoms with Crippen LogP contribution in [0.15, 0.2) is 56.0 Å². The first-order chi connectivity index (χ1) is 30.1. The molecule has 0 saturated heterocycles. The summed E-state index contributed by atoms with van der Waals surface area (Å²) in [5, 5.41) is 21.4. The highest BCUT2D eigenvalue weighted by Crippen LogP contribution is 2.49. The number of nitrogens with two attached hydrogens (primary N) is 1. The van der Waals surface area contributed by atoms with E-state index in [0.717, 1.165) is 43.6 Å². The first kappa shape index (κ1) is 48.8. The number of halogens is 6. The van der Waals surface area contributed by atoms with Gasteiger partial charge in [-0.15, -0.1) is 33.0 Å². The quantitative estimate of drug-likeness (QED) is 0.0808. The summed E-state index contributed by atoms with van der Waals surface area (Å²) in [6, 6.07) is 9.29. The highest BCUT2D eigenvalue weighted by Gasteiger charge is 2.47. The molecule has 0 spiro atoms. The average molecular weight is 934 g/mol. The van der Waals surface area contributed by atoms with E-state index in [2.05, 4.69) is 37.1 Å². The lowest BCUT2D eigenvalue weighted by atomic mass is 9.98. The Bertz CT molecular complexity index is 2680. The Morgan fingerprint density at radius 3 is 1.70 bits per heavy atom. The second kappa shape index (κ2) is 18.9. The Balaban J connectivity index is 0.000000241. The standard InChI is InChI=1S/C21H21F3N4O3S.C20H20F3N5O3S/c1-4-32-15-9-13(20(11-25)5-6-20)10-27-18(15)14(29)7-12-8-16(21(22,23)24)28(31-3)19(30)17(12)26-2;1-4-32-13-7-11(19(10-24)5-6-19)9-26-15(13)17(29)27(2)16-12(25)8-14(20(21,22)23)28(31-3)18(16)30/h8-10,26H,4-7H2,1-3H3;7-9H,4-6,25H2,1-3H3. The summed E-state index contributed by atoms with van der Waals surface area (Å²) in [4.78, 5) is 71.1. The third-order valence-corrected chi connectivity index (χ3v) is 12.2. The molecule has 0 atom stereocenters. The summed E-state index contributed by atoms with van der Waals surface area (Å²) in [6.07, 6.45) is -4.46. The molecule has 4 aromatic rings. The molecule has 0 aliphatic heterocycles. The maximum Gasteiger partial charge on any atom is 0.435 e. The third kappa shape index (κ3) is 9.65. The number of nitrogens with one attached hydrogen (secondary N) is 1. The molecule has 15 nitrogen and oxygen atoms in total. The van der Waals surface area contributed by atoms with Crippen LogP contribution in [-0.2, 0) is 29.6 Å². The molecule has 64 heavy (non-hydrogen) atoms. The van der Waals surface area contributed by atoms with Crippen LogP contribution in [0.1, 0.15) is 88.6 Å². The molecule has 4 heterocycles. The van der Waals surface area contributed by atoms with E-state index in [9.17, 15) is 56.0 Å². The lowest BCUT2D eigenvalue weighted by Crippen LogP contribution is -2.39. The van der Waals surface area contributed by atoms with Crippen molar-refractivity contribution in [2.45, 2.75) is 78.9 Å². The summed E-state index contributed by atoms with van der Waals surface area (Å²) in [5.41, 5.74) is -0.217. The first-order valence-electron chi connectivity index (χ1n) is 19.3. The molecule has 6 rings (SSSR count). The number of nitrogen functional groups attached to an aromatic ring is 1. The highest BCUT2D eigenvalue weighted by molar-refractivity contribution is 7.99. The highest BCUT2D eigenvalue weighted by atomic mass is 32.2. The first-order valence-corrected chi connectivity index (χ1v) is 21.2. The second-order valence-electron chi connectivity index (χ2n) is 14.4. The van der Waals surface area contributed by atoms with E-state index in [-0.39, 0.29) is 32.1 Å². The van der Waals surface area contributed by atoms with Crippen molar-refractivity contribution in [2.75, 3.05) is 55.8 Å². The van der Waals surface area contributed by atoms with Crippen LogP contribution in [-0.4, -0.2) is 70.9 Å². The van der Waals surface area contributed by atoms with Crippen molar-refractivity contribution in [3.63, 3.8) is 0 Å². The van der Waals surface area contributed by atoms with E-state index >= 15 is 0 Å². The topological polar surface area (TPSA) is 211 Å². The number of hydrogen-bond acceptors (Lipinski definition) is 14. The fourth-order valence-corrected chi connectivity index (χ4v) is 8.38. The van der Waals surface area contributed by atoms with Crippen LogP contribution in [0.2, 0.25) is 0 Å². The number of nitriles is 2. The molecule has 23 heteroatoms. The molecular weight excluding hydrogens is 893 g/mol. The zero-order valence-corrected chi connectivity index (χ0v) is 36.8. The molecule has 340 valence electrons. The van der Waals surface area contributed by atoms with Crippen LogP contribution in [0.4, 0.5) is 43.4 Å². The molecule has 2 fully saturated rings. The van der Waals surface area contributed by atoms with E-state index in [1.54, 1.807) is 12.1 Å². The third-order valence-electron chi connectivity index (χ3n) is 10.4. The van der Waals surface area contributed by atoms with Gasteiger partial charge >= 0.3 is 23.5 Å². The van der Waals surface area contributed by atoms with Crippen LogP contribution >= 0.6 is 23.5 Å². The number of aromatic nitrogens is 4. The predicted octanol–water partition coefficient (Wildman–Crippen LogP) is 6.30. The van der Waals surface area contributed by atoms with Crippen molar-refractivity contribution in [2.24, 2.45) is 0 Å².